The summed E-state index contributed by atoms with van der Waals surface area (Å²) >= 11 is 0. The molecular weight excluding hydrogens is 236 g/mol. The van der Waals surface area contributed by atoms with Gasteiger partial charge in [0.2, 0.25) is 0 Å². The van der Waals surface area contributed by atoms with Gasteiger partial charge in [0.1, 0.15) is 0 Å². The molecule has 19 heavy (non-hydrogen) atoms. The summed E-state index contributed by atoms with van der Waals surface area (Å²) in [7, 11) is 0. The molecule has 103 valence electrons. The van der Waals surface area contributed by atoms with Crippen LogP contribution >= 0.6 is 0 Å². The third-order valence-corrected chi connectivity index (χ3v) is 4.34. The van der Waals surface area contributed by atoms with Crippen molar-refractivity contribution in [3.05, 3.63) is 35.9 Å². The lowest BCUT2D eigenvalue weighted by molar-refractivity contribution is -0.00229. The highest BCUT2D eigenvalue weighted by atomic mass is 16.5. The first kappa shape index (κ1) is 13.1. The molecule has 2 aliphatic rings. The highest BCUT2D eigenvalue weighted by Gasteiger charge is 2.31. The molecule has 3 heteroatoms. The van der Waals surface area contributed by atoms with Crippen LogP contribution in [0.15, 0.2) is 30.3 Å². The van der Waals surface area contributed by atoms with Gasteiger partial charge in [-0.05, 0) is 24.3 Å². The summed E-state index contributed by atoms with van der Waals surface area (Å²) < 4.78 is 5.51. The minimum atomic E-state index is 0.556. The van der Waals surface area contributed by atoms with Crippen LogP contribution in [0.5, 0.6) is 0 Å². The molecule has 1 radical (unpaired) electrons. The van der Waals surface area contributed by atoms with E-state index in [9.17, 15) is 0 Å². The second-order valence-electron chi connectivity index (χ2n) is 5.51. The van der Waals surface area contributed by atoms with Crippen LogP contribution in [0, 0.1) is 5.92 Å². The normalized spacial score (nSPS) is 24.2. The zero-order chi connectivity index (χ0) is 12.9. The lowest BCUT2D eigenvalue weighted by Crippen LogP contribution is -2.43. The van der Waals surface area contributed by atoms with Crippen molar-refractivity contribution >= 4 is 0 Å². The fraction of sp³-hybridized carbons (Fsp3) is 0.625. The van der Waals surface area contributed by atoms with E-state index in [1.807, 2.05) is 0 Å². The molecule has 2 fully saturated rings. The van der Waals surface area contributed by atoms with E-state index in [1.165, 1.54) is 18.4 Å². The van der Waals surface area contributed by atoms with Crippen LogP contribution in [0.25, 0.3) is 0 Å². The van der Waals surface area contributed by atoms with E-state index in [-0.39, 0.29) is 0 Å². The number of morpholine rings is 1. The molecule has 1 aromatic carbocycles. The highest BCUT2D eigenvalue weighted by molar-refractivity contribution is 5.20. The van der Waals surface area contributed by atoms with Gasteiger partial charge < -0.3 is 4.74 Å². The summed E-state index contributed by atoms with van der Waals surface area (Å²) in [5.41, 5.74) is 1.47. The van der Waals surface area contributed by atoms with Gasteiger partial charge in [0.15, 0.2) is 0 Å². The van der Waals surface area contributed by atoms with E-state index in [2.05, 4.69) is 40.5 Å². The fourth-order valence-corrected chi connectivity index (χ4v) is 3.37. The first-order chi connectivity index (χ1) is 9.45. The van der Waals surface area contributed by atoms with Crippen LogP contribution in [0.3, 0.4) is 0 Å². The minimum absolute atomic E-state index is 0.556. The van der Waals surface area contributed by atoms with Gasteiger partial charge in [-0.3, -0.25) is 4.90 Å². The lowest BCUT2D eigenvalue weighted by Gasteiger charge is -2.40. The topological polar surface area (TPSA) is 26.6 Å². The average molecular weight is 259 g/mol. The molecule has 0 aliphatic carbocycles. The summed E-state index contributed by atoms with van der Waals surface area (Å²) in [6.45, 7) is 5.96. The van der Waals surface area contributed by atoms with Gasteiger partial charge in [-0.15, -0.1) is 0 Å². The molecule has 0 bridgehead atoms. The van der Waals surface area contributed by atoms with Gasteiger partial charge in [-0.1, -0.05) is 30.3 Å². The van der Waals surface area contributed by atoms with Crippen molar-refractivity contribution in [2.45, 2.75) is 18.9 Å². The minimum Gasteiger partial charge on any atom is -0.379 e. The molecule has 2 heterocycles. The Morgan fingerprint density at radius 3 is 2.42 bits per heavy atom. The Morgan fingerprint density at radius 1 is 1.05 bits per heavy atom. The van der Waals surface area contributed by atoms with Crippen molar-refractivity contribution in [3.8, 4) is 0 Å². The van der Waals surface area contributed by atoms with Crippen molar-refractivity contribution in [2.75, 3.05) is 39.4 Å². The van der Waals surface area contributed by atoms with Gasteiger partial charge in [0.05, 0.1) is 13.2 Å². The molecule has 0 spiro atoms. The van der Waals surface area contributed by atoms with Gasteiger partial charge in [0, 0.05) is 32.2 Å². The number of ether oxygens (including phenoxy) is 1. The predicted octanol–water partition coefficient (Wildman–Crippen LogP) is 2.07. The number of benzene rings is 1. The van der Waals surface area contributed by atoms with Gasteiger partial charge in [-0.2, -0.15) is 0 Å². The van der Waals surface area contributed by atoms with Crippen molar-refractivity contribution in [2.24, 2.45) is 5.92 Å². The van der Waals surface area contributed by atoms with Crippen molar-refractivity contribution in [3.63, 3.8) is 0 Å². The summed E-state index contributed by atoms with van der Waals surface area (Å²) in [4.78, 5) is 2.62. The molecule has 2 aliphatic heterocycles. The maximum absolute atomic E-state index is 5.51. The third kappa shape index (κ3) is 3.16. The second-order valence-corrected chi connectivity index (χ2v) is 5.51. The van der Waals surface area contributed by atoms with E-state index in [0.29, 0.717) is 6.04 Å². The maximum Gasteiger partial charge on any atom is 0.0594 e. The molecule has 0 N–H and O–H groups in total. The van der Waals surface area contributed by atoms with E-state index in [4.69, 9.17) is 4.74 Å². The number of piperidine rings is 1. The van der Waals surface area contributed by atoms with Crippen LogP contribution in [-0.2, 0) is 4.74 Å². The largest absolute Gasteiger partial charge is 0.379 e. The Kier molecular flexibility index (Phi) is 4.49. The Morgan fingerprint density at radius 2 is 1.74 bits per heavy atom. The number of rotatable bonds is 3. The molecule has 1 aromatic rings. The number of hydrogen-bond donors (Lipinski definition) is 0. The smallest absolute Gasteiger partial charge is 0.0594 e. The number of hydrogen-bond acceptors (Lipinski definition) is 2. The van der Waals surface area contributed by atoms with Gasteiger partial charge >= 0.3 is 0 Å². The first-order valence-corrected chi connectivity index (χ1v) is 7.45. The van der Waals surface area contributed by atoms with E-state index < -0.39 is 0 Å². The zero-order valence-corrected chi connectivity index (χ0v) is 11.5. The van der Waals surface area contributed by atoms with Crippen LogP contribution in [0.1, 0.15) is 24.4 Å². The van der Waals surface area contributed by atoms with E-state index in [0.717, 1.165) is 45.3 Å². The summed E-state index contributed by atoms with van der Waals surface area (Å²) in [6, 6.07) is 11.6. The van der Waals surface area contributed by atoms with Crippen molar-refractivity contribution in [1.82, 2.24) is 10.2 Å². The van der Waals surface area contributed by atoms with Crippen LogP contribution in [0.4, 0.5) is 0 Å². The zero-order valence-electron chi connectivity index (χ0n) is 11.5. The monoisotopic (exact) mass is 259 g/mol. The quantitative estimate of drug-likeness (QED) is 0.831. The molecule has 2 saturated heterocycles. The van der Waals surface area contributed by atoms with Crippen LogP contribution in [-0.4, -0.2) is 44.3 Å². The molecule has 1 atom stereocenters. The SMILES string of the molecule is c1ccc(C(C2CC[N]CC2)N2CCOCC2)cc1. The Hall–Kier alpha value is -0.900. The number of nitrogens with zero attached hydrogens (tertiary/aromatic N) is 2. The first-order valence-electron chi connectivity index (χ1n) is 7.45. The fourth-order valence-electron chi connectivity index (χ4n) is 3.37. The summed E-state index contributed by atoms with van der Waals surface area (Å²) in [6.07, 6.45) is 2.47. The molecule has 3 rings (SSSR count). The standard InChI is InChI=1S/C16H23N2O/c1-2-4-14(5-3-1)16(15-6-8-17-9-7-15)18-10-12-19-13-11-18/h1-5,15-16H,6-13H2. The van der Waals surface area contributed by atoms with Gasteiger partial charge in [-0.25, -0.2) is 5.32 Å². The van der Waals surface area contributed by atoms with E-state index >= 15 is 0 Å². The van der Waals surface area contributed by atoms with Crippen LogP contribution < -0.4 is 5.32 Å². The Labute approximate surface area is 115 Å². The average Bonchev–Trinajstić information content (AvgIpc) is 2.51. The lowest BCUT2D eigenvalue weighted by atomic mass is 9.84. The van der Waals surface area contributed by atoms with E-state index in [1.54, 1.807) is 0 Å². The molecular formula is C16H23N2O. The van der Waals surface area contributed by atoms with Crippen LogP contribution in [0.2, 0.25) is 0 Å². The molecule has 1 unspecified atom stereocenters. The third-order valence-electron chi connectivity index (χ3n) is 4.34. The van der Waals surface area contributed by atoms with Crippen molar-refractivity contribution in [1.29, 1.82) is 0 Å². The molecule has 0 aromatic heterocycles. The maximum atomic E-state index is 5.51. The second kappa shape index (κ2) is 6.51. The Balaban J connectivity index is 1.81. The highest BCUT2D eigenvalue weighted by Crippen LogP contribution is 2.34. The molecule has 0 amide bonds. The molecule has 3 nitrogen and oxygen atoms in total. The van der Waals surface area contributed by atoms with Gasteiger partial charge in [0.25, 0.3) is 0 Å². The molecule has 0 saturated carbocycles. The van der Waals surface area contributed by atoms with Crippen molar-refractivity contribution < 1.29 is 4.74 Å². The predicted molar refractivity (Wildman–Crippen MR) is 76.2 cm³/mol. The Bertz CT molecular complexity index is 352. The summed E-state index contributed by atoms with van der Waals surface area (Å²) in [5.74, 6) is 0.748. The summed E-state index contributed by atoms with van der Waals surface area (Å²) in [5, 5.41) is 4.51.